The van der Waals surface area contributed by atoms with Gasteiger partial charge in [-0.15, -0.1) is 0 Å². The lowest BCUT2D eigenvalue weighted by atomic mass is 9.81. The van der Waals surface area contributed by atoms with Gasteiger partial charge in [0.1, 0.15) is 5.82 Å². The monoisotopic (exact) mass is 533 g/mol. The van der Waals surface area contributed by atoms with Gasteiger partial charge in [-0.3, -0.25) is 0 Å². The van der Waals surface area contributed by atoms with Gasteiger partial charge in [0.05, 0.1) is 15.8 Å². The lowest BCUT2D eigenvalue weighted by Crippen LogP contribution is -2.46. The first kappa shape index (κ1) is 31.8. The first-order chi connectivity index (χ1) is 16.6. The molecule has 212 valence electrons. The van der Waals surface area contributed by atoms with Crippen LogP contribution in [0.5, 0.6) is 0 Å². The lowest BCUT2D eigenvalue weighted by molar-refractivity contribution is 0.205. The molecule has 0 amide bonds. The molecule has 0 N–H and O–H groups in total. The van der Waals surface area contributed by atoms with Crippen LogP contribution in [0.25, 0.3) is 11.0 Å². The molecule has 6 heteroatoms. The van der Waals surface area contributed by atoms with Crippen LogP contribution in [-0.4, -0.2) is 40.1 Å². The van der Waals surface area contributed by atoms with Crippen molar-refractivity contribution in [1.29, 1.82) is 0 Å². The molecule has 1 saturated heterocycles. The average Bonchev–Trinajstić information content (AvgIpc) is 3.01. The lowest BCUT2D eigenvalue weighted by Gasteiger charge is -2.37. The minimum absolute atomic E-state index is 0.260. The van der Waals surface area contributed by atoms with Gasteiger partial charge in [0.25, 0.3) is 0 Å². The SMILES string of the molecule is CC(C)(C)CC1CCN(S(=O)(=O)C(C)(C)C)CC1.CC(C)(C)Cc1nc2ccccc2n1CC(C)(C)C. The zero-order chi connectivity index (χ0) is 28.4. The molecule has 0 aliphatic carbocycles. The van der Waals surface area contributed by atoms with Gasteiger partial charge in [-0.1, -0.05) is 74.4 Å². The van der Waals surface area contributed by atoms with Gasteiger partial charge < -0.3 is 4.57 Å². The predicted octanol–water partition coefficient (Wildman–Crippen LogP) is 7.93. The second kappa shape index (κ2) is 11.4. The van der Waals surface area contributed by atoms with E-state index >= 15 is 0 Å². The van der Waals surface area contributed by atoms with Crippen LogP contribution in [0.2, 0.25) is 0 Å². The maximum Gasteiger partial charge on any atom is 0.219 e. The molecule has 0 atom stereocenters. The fraction of sp³-hybridized carbons (Fsp3) is 0.774. The fourth-order valence-electron chi connectivity index (χ4n) is 4.99. The van der Waals surface area contributed by atoms with Crippen molar-refractivity contribution in [2.75, 3.05) is 13.1 Å². The van der Waals surface area contributed by atoms with Crippen LogP contribution >= 0.6 is 0 Å². The third-order valence-electron chi connectivity index (χ3n) is 6.64. The third kappa shape index (κ3) is 9.69. The number of para-hydroxylation sites is 2. The maximum absolute atomic E-state index is 12.3. The van der Waals surface area contributed by atoms with Crippen molar-refractivity contribution in [3.63, 3.8) is 0 Å². The van der Waals surface area contributed by atoms with Crippen molar-refractivity contribution in [2.45, 2.75) is 120 Å². The Morgan fingerprint density at radius 3 is 1.81 bits per heavy atom. The number of hydrogen-bond acceptors (Lipinski definition) is 3. The number of imidazole rings is 1. The Kier molecular flexibility index (Phi) is 9.78. The van der Waals surface area contributed by atoms with Gasteiger partial charge >= 0.3 is 0 Å². The van der Waals surface area contributed by atoms with Crippen molar-refractivity contribution >= 4 is 21.1 Å². The molecular formula is C31H55N3O2S. The van der Waals surface area contributed by atoms with Crippen LogP contribution in [0.1, 0.15) is 108 Å². The van der Waals surface area contributed by atoms with Crippen molar-refractivity contribution in [1.82, 2.24) is 13.9 Å². The highest BCUT2D eigenvalue weighted by molar-refractivity contribution is 7.90. The van der Waals surface area contributed by atoms with E-state index in [1.165, 1.54) is 17.8 Å². The van der Waals surface area contributed by atoms with Gasteiger partial charge in [0, 0.05) is 26.1 Å². The van der Waals surface area contributed by atoms with Crippen LogP contribution in [0.15, 0.2) is 24.3 Å². The number of sulfonamides is 1. The van der Waals surface area contributed by atoms with Gasteiger partial charge in [0.2, 0.25) is 10.0 Å². The Balaban J connectivity index is 0.000000261. The van der Waals surface area contributed by atoms with Crippen LogP contribution in [0.3, 0.4) is 0 Å². The summed E-state index contributed by atoms with van der Waals surface area (Å²) in [6, 6.07) is 8.46. The van der Waals surface area contributed by atoms with E-state index in [1.807, 2.05) is 0 Å². The molecule has 1 fully saturated rings. The normalized spacial score (nSPS) is 17.1. The Morgan fingerprint density at radius 2 is 1.35 bits per heavy atom. The molecule has 3 rings (SSSR count). The van der Waals surface area contributed by atoms with Crippen molar-refractivity contribution in [3.05, 3.63) is 30.1 Å². The van der Waals surface area contributed by atoms with E-state index < -0.39 is 14.8 Å². The Morgan fingerprint density at radius 1 is 0.811 bits per heavy atom. The molecule has 1 aliphatic heterocycles. The highest BCUT2D eigenvalue weighted by Crippen LogP contribution is 2.33. The summed E-state index contributed by atoms with van der Waals surface area (Å²) in [4.78, 5) is 4.85. The first-order valence-corrected chi connectivity index (χ1v) is 15.5. The van der Waals surface area contributed by atoms with E-state index in [9.17, 15) is 8.42 Å². The summed E-state index contributed by atoms with van der Waals surface area (Å²) in [5.41, 5.74) is 3.24. The van der Waals surface area contributed by atoms with Crippen molar-refractivity contribution < 1.29 is 8.42 Å². The van der Waals surface area contributed by atoms with E-state index in [0.29, 0.717) is 24.4 Å². The van der Waals surface area contributed by atoms with Gasteiger partial charge in [0.15, 0.2) is 0 Å². The standard InChI is InChI=1S/C17H26N2.C14H29NO2S/c1-16(2,3)11-15-18-13-9-7-8-10-14(13)19(15)12-17(4,5)6;1-13(2,3)11-12-7-9-15(10-8-12)18(16,17)14(4,5)6/h7-10H,11-12H2,1-6H3;12H,7-11H2,1-6H3. The number of benzene rings is 1. The number of rotatable bonds is 4. The molecule has 2 heterocycles. The van der Waals surface area contributed by atoms with Gasteiger partial charge in [-0.2, -0.15) is 0 Å². The molecule has 2 aromatic rings. The Bertz CT molecular complexity index is 1110. The third-order valence-corrected chi connectivity index (χ3v) is 9.24. The first-order valence-electron chi connectivity index (χ1n) is 14.0. The molecule has 5 nitrogen and oxygen atoms in total. The molecular weight excluding hydrogens is 478 g/mol. The number of fused-ring (bicyclic) bond motifs is 1. The molecule has 1 aromatic carbocycles. The molecule has 0 spiro atoms. The second-order valence-electron chi connectivity index (χ2n) is 15.6. The molecule has 0 saturated carbocycles. The molecule has 0 radical (unpaired) electrons. The summed E-state index contributed by atoms with van der Waals surface area (Å²) in [6.07, 6.45) is 4.22. The maximum atomic E-state index is 12.3. The Labute approximate surface area is 228 Å². The molecule has 1 aliphatic rings. The molecule has 0 unspecified atom stereocenters. The zero-order valence-corrected chi connectivity index (χ0v) is 26.7. The minimum atomic E-state index is -3.13. The summed E-state index contributed by atoms with van der Waals surface area (Å²) < 4.78 is 28.1. The van der Waals surface area contributed by atoms with E-state index in [2.05, 4.69) is 91.1 Å². The predicted molar refractivity (Wildman–Crippen MR) is 159 cm³/mol. The van der Waals surface area contributed by atoms with E-state index in [4.69, 9.17) is 4.98 Å². The van der Waals surface area contributed by atoms with Crippen LogP contribution in [-0.2, 0) is 23.0 Å². The van der Waals surface area contributed by atoms with E-state index in [0.717, 1.165) is 31.3 Å². The van der Waals surface area contributed by atoms with Gasteiger partial charge in [-0.05, 0) is 74.3 Å². The summed E-state index contributed by atoms with van der Waals surface area (Å²) in [5.74, 6) is 1.89. The van der Waals surface area contributed by atoms with Crippen LogP contribution < -0.4 is 0 Å². The topological polar surface area (TPSA) is 55.2 Å². The fourth-order valence-corrected chi connectivity index (χ4v) is 6.46. The summed E-state index contributed by atoms with van der Waals surface area (Å²) >= 11 is 0. The quantitative estimate of drug-likeness (QED) is 0.401. The van der Waals surface area contributed by atoms with Crippen molar-refractivity contribution in [3.8, 4) is 0 Å². The minimum Gasteiger partial charge on any atom is -0.327 e. The smallest absolute Gasteiger partial charge is 0.219 e. The largest absolute Gasteiger partial charge is 0.327 e. The highest BCUT2D eigenvalue weighted by Gasteiger charge is 2.37. The number of hydrogen-bond donors (Lipinski definition) is 0. The van der Waals surface area contributed by atoms with Crippen LogP contribution in [0.4, 0.5) is 0 Å². The summed E-state index contributed by atoms with van der Waals surface area (Å²) in [6.45, 7) is 28.2. The number of piperidine rings is 1. The second-order valence-corrected chi connectivity index (χ2v) is 18.3. The average molecular weight is 534 g/mol. The molecule has 0 bridgehead atoms. The molecule has 1 aromatic heterocycles. The molecule has 37 heavy (non-hydrogen) atoms. The Hall–Kier alpha value is -1.40. The zero-order valence-electron chi connectivity index (χ0n) is 25.9. The van der Waals surface area contributed by atoms with Gasteiger partial charge in [-0.25, -0.2) is 17.7 Å². The van der Waals surface area contributed by atoms with Crippen molar-refractivity contribution in [2.24, 2.45) is 22.2 Å². The highest BCUT2D eigenvalue weighted by atomic mass is 32.2. The van der Waals surface area contributed by atoms with Crippen LogP contribution in [0, 0.1) is 22.2 Å². The number of aromatic nitrogens is 2. The van der Waals surface area contributed by atoms with E-state index in [-0.39, 0.29) is 10.8 Å². The summed E-state index contributed by atoms with van der Waals surface area (Å²) in [5, 5.41) is 0. The summed E-state index contributed by atoms with van der Waals surface area (Å²) in [7, 11) is -3.13. The van der Waals surface area contributed by atoms with E-state index in [1.54, 1.807) is 25.1 Å². The number of nitrogens with zero attached hydrogens (tertiary/aromatic N) is 3.